The molecule has 2 N–H and O–H groups in total. The van der Waals surface area contributed by atoms with E-state index in [0.717, 1.165) is 25.7 Å². The molecule has 2 aromatic rings. The second kappa shape index (κ2) is 12.8. The molecule has 0 aliphatic carbocycles. The molecule has 0 aliphatic rings. The zero-order valence-electron chi connectivity index (χ0n) is 18.7. The van der Waals surface area contributed by atoms with Gasteiger partial charge in [0.2, 0.25) is 0 Å². The fourth-order valence-electron chi connectivity index (χ4n) is 2.82. The summed E-state index contributed by atoms with van der Waals surface area (Å²) in [6, 6.07) is 4.98. The van der Waals surface area contributed by atoms with Gasteiger partial charge in [-0.3, -0.25) is 4.79 Å². The minimum atomic E-state index is -0.249. The summed E-state index contributed by atoms with van der Waals surface area (Å²) in [5.74, 6) is 0.983. The average molecular weight is 449 g/mol. The third kappa shape index (κ3) is 7.43. The topological polar surface area (TPSA) is 92.8 Å². The molecule has 1 aromatic carbocycles. The Morgan fingerprint density at radius 1 is 1.13 bits per heavy atom. The first kappa shape index (κ1) is 24.5. The molecule has 170 valence electrons. The zero-order chi connectivity index (χ0) is 22.6. The van der Waals surface area contributed by atoms with E-state index in [1.165, 1.54) is 11.3 Å². The number of carbonyl (C=O) groups excluding carboxylic acids is 2. The number of ether oxygens (including phenoxy) is 2. The molecular formula is C22H32N4O4S. The standard InChI is InChI=1S/C22H32N4O4S/c1-5-7-11-23-21(27)18-15-31-20(24-18)14-26(12-8-6-2)22(28)25-17-10-9-16(29-3)13-19(17)30-4/h9-10,13,15H,5-8,11-12,14H2,1-4H3,(H,23,27)(H,25,28). The first-order chi connectivity index (χ1) is 15.0. The van der Waals surface area contributed by atoms with Crippen LogP contribution in [-0.4, -0.2) is 49.1 Å². The van der Waals surface area contributed by atoms with Crippen LogP contribution in [0.2, 0.25) is 0 Å². The highest BCUT2D eigenvalue weighted by molar-refractivity contribution is 7.09. The van der Waals surface area contributed by atoms with Crippen LogP contribution in [0.25, 0.3) is 0 Å². The van der Waals surface area contributed by atoms with Gasteiger partial charge in [0.05, 0.1) is 26.5 Å². The predicted molar refractivity (Wildman–Crippen MR) is 123 cm³/mol. The molecular weight excluding hydrogens is 416 g/mol. The van der Waals surface area contributed by atoms with Crippen molar-refractivity contribution in [3.05, 3.63) is 34.3 Å². The lowest BCUT2D eigenvalue weighted by atomic mass is 10.2. The number of hydrogen-bond acceptors (Lipinski definition) is 6. The number of benzene rings is 1. The van der Waals surface area contributed by atoms with Crippen molar-refractivity contribution >= 4 is 29.0 Å². The first-order valence-corrected chi connectivity index (χ1v) is 11.4. The van der Waals surface area contributed by atoms with Crippen molar-refractivity contribution in [2.75, 3.05) is 32.6 Å². The van der Waals surface area contributed by atoms with Gasteiger partial charge in [0.25, 0.3) is 5.91 Å². The van der Waals surface area contributed by atoms with Crippen LogP contribution < -0.4 is 20.1 Å². The van der Waals surface area contributed by atoms with Crippen molar-refractivity contribution in [2.45, 2.75) is 46.1 Å². The summed E-state index contributed by atoms with van der Waals surface area (Å²) in [5, 5.41) is 8.23. The lowest BCUT2D eigenvalue weighted by molar-refractivity contribution is 0.0948. The highest BCUT2D eigenvalue weighted by Crippen LogP contribution is 2.29. The number of amides is 3. The summed E-state index contributed by atoms with van der Waals surface area (Å²) in [4.78, 5) is 31.3. The number of carbonyl (C=O) groups is 2. The Hall–Kier alpha value is -2.81. The van der Waals surface area contributed by atoms with Gasteiger partial charge in [0, 0.05) is 24.5 Å². The highest BCUT2D eigenvalue weighted by atomic mass is 32.1. The second-order valence-corrected chi connectivity index (χ2v) is 7.95. The van der Waals surface area contributed by atoms with Crippen molar-refractivity contribution in [1.29, 1.82) is 0 Å². The Balaban J connectivity index is 2.08. The molecule has 1 aromatic heterocycles. The van der Waals surface area contributed by atoms with Gasteiger partial charge in [-0.2, -0.15) is 0 Å². The Morgan fingerprint density at radius 3 is 2.58 bits per heavy atom. The van der Waals surface area contributed by atoms with Crippen LogP contribution in [0.5, 0.6) is 11.5 Å². The maximum absolute atomic E-state index is 13.0. The zero-order valence-corrected chi connectivity index (χ0v) is 19.5. The van der Waals surface area contributed by atoms with Crippen LogP contribution in [-0.2, 0) is 6.54 Å². The van der Waals surface area contributed by atoms with Crippen LogP contribution in [0.15, 0.2) is 23.6 Å². The predicted octanol–water partition coefficient (Wildman–Crippen LogP) is 4.52. The largest absolute Gasteiger partial charge is 0.497 e. The summed E-state index contributed by atoms with van der Waals surface area (Å²) in [6.07, 6.45) is 3.77. The number of anilines is 1. The summed E-state index contributed by atoms with van der Waals surface area (Å²) in [5.41, 5.74) is 0.953. The van der Waals surface area contributed by atoms with E-state index in [-0.39, 0.29) is 11.9 Å². The molecule has 0 saturated heterocycles. The van der Waals surface area contributed by atoms with Gasteiger partial charge in [-0.15, -0.1) is 11.3 Å². The van der Waals surface area contributed by atoms with Crippen LogP contribution >= 0.6 is 11.3 Å². The number of rotatable bonds is 12. The quantitative estimate of drug-likeness (QED) is 0.466. The van der Waals surface area contributed by atoms with Gasteiger partial charge < -0.3 is 25.0 Å². The third-order valence-electron chi connectivity index (χ3n) is 4.65. The number of nitrogens with zero attached hydrogens (tertiary/aromatic N) is 2. The number of urea groups is 1. The third-order valence-corrected chi connectivity index (χ3v) is 5.48. The lowest BCUT2D eigenvalue weighted by Crippen LogP contribution is -2.35. The van der Waals surface area contributed by atoms with Crippen LogP contribution in [0.3, 0.4) is 0 Å². The van der Waals surface area contributed by atoms with Crippen molar-refractivity contribution in [1.82, 2.24) is 15.2 Å². The van der Waals surface area contributed by atoms with Gasteiger partial charge >= 0.3 is 6.03 Å². The molecule has 0 atom stereocenters. The minimum absolute atomic E-state index is 0.177. The molecule has 3 amide bonds. The molecule has 31 heavy (non-hydrogen) atoms. The number of thiazole rings is 1. The van der Waals surface area contributed by atoms with Crippen molar-refractivity contribution < 1.29 is 19.1 Å². The average Bonchev–Trinajstić information content (AvgIpc) is 3.25. The molecule has 9 heteroatoms. The number of aromatic nitrogens is 1. The lowest BCUT2D eigenvalue weighted by Gasteiger charge is -2.22. The Kier molecular flexibility index (Phi) is 10.1. The van der Waals surface area contributed by atoms with Crippen molar-refractivity contribution in [3.8, 4) is 11.5 Å². The molecule has 0 spiro atoms. The molecule has 8 nitrogen and oxygen atoms in total. The van der Waals surface area contributed by atoms with Crippen LogP contribution in [0.4, 0.5) is 10.5 Å². The van der Waals surface area contributed by atoms with Gasteiger partial charge in [0.1, 0.15) is 22.2 Å². The van der Waals surface area contributed by atoms with E-state index in [0.29, 0.717) is 47.5 Å². The van der Waals surface area contributed by atoms with Crippen LogP contribution in [0.1, 0.15) is 55.0 Å². The maximum atomic E-state index is 13.0. The fourth-order valence-corrected chi connectivity index (χ4v) is 3.61. The molecule has 2 rings (SSSR count). The summed E-state index contributed by atoms with van der Waals surface area (Å²) in [6.45, 7) is 5.70. The van der Waals surface area contributed by atoms with Crippen molar-refractivity contribution in [3.63, 3.8) is 0 Å². The van der Waals surface area contributed by atoms with E-state index in [9.17, 15) is 9.59 Å². The fraction of sp³-hybridized carbons (Fsp3) is 0.500. The first-order valence-electron chi connectivity index (χ1n) is 10.5. The van der Waals surface area contributed by atoms with Gasteiger partial charge in [-0.25, -0.2) is 9.78 Å². The van der Waals surface area contributed by atoms with E-state index in [2.05, 4.69) is 29.5 Å². The second-order valence-electron chi connectivity index (χ2n) is 7.01. The molecule has 1 heterocycles. The molecule has 0 fully saturated rings. The molecule has 0 radical (unpaired) electrons. The molecule has 0 unspecified atom stereocenters. The normalized spacial score (nSPS) is 10.5. The smallest absolute Gasteiger partial charge is 0.322 e. The summed E-state index contributed by atoms with van der Waals surface area (Å²) < 4.78 is 10.6. The van der Waals surface area contributed by atoms with E-state index in [1.807, 2.05) is 0 Å². The molecule has 0 aliphatic heterocycles. The summed E-state index contributed by atoms with van der Waals surface area (Å²) >= 11 is 1.38. The number of hydrogen-bond donors (Lipinski definition) is 2. The van der Waals surface area contributed by atoms with Gasteiger partial charge in [-0.1, -0.05) is 26.7 Å². The Labute approximate surface area is 188 Å². The van der Waals surface area contributed by atoms with Gasteiger partial charge in [0.15, 0.2) is 0 Å². The minimum Gasteiger partial charge on any atom is -0.497 e. The van der Waals surface area contributed by atoms with Crippen LogP contribution in [0, 0.1) is 0 Å². The Bertz CT molecular complexity index is 856. The van der Waals surface area contributed by atoms with Crippen molar-refractivity contribution in [2.24, 2.45) is 0 Å². The number of unbranched alkanes of at least 4 members (excludes halogenated alkanes) is 2. The van der Waals surface area contributed by atoms with E-state index >= 15 is 0 Å². The highest BCUT2D eigenvalue weighted by Gasteiger charge is 2.19. The monoisotopic (exact) mass is 448 g/mol. The SMILES string of the molecule is CCCCNC(=O)c1csc(CN(CCCC)C(=O)Nc2ccc(OC)cc2OC)n1. The molecule has 0 saturated carbocycles. The van der Waals surface area contributed by atoms with E-state index in [4.69, 9.17) is 9.47 Å². The number of methoxy groups -OCH3 is 2. The maximum Gasteiger partial charge on any atom is 0.322 e. The number of nitrogens with one attached hydrogen (secondary N) is 2. The van der Waals surface area contributed by atoms with E-state index in [1.54, 1.807) is 42.7 Å². The van der Waals surface area contributed by atoms with Gasteiger partial charge in [-0.05, 0) is 25.0 Å². The summed E-state index contributed by atoms with van der Waals surface area (Å²) in [7, 11) is 3.12. The van der Waals surface area contributed by atoms with E-state index < -0.39 is 0 Å². The Morgan fingerprint density at radius 2 is 1.90 bits per heavy atom. The molecule has 0 bridgehead atoms.